The predicted octanol–water partition coefficient (Wildman–Crippen LogP) is 8.57. The fourth-order valence-electron chi connectivity index (χ4n) is 4.81. The van der Waals surface area contributed by atoms with Crippen LogP contribution in [0, 0.1) is 12.8 Å². The molecule has 212 valence electrons. The number of anilines is 1. The summed E-state index contributed by atoms with van der Waals surface area (Å²) in [5.74, 6) is 0.623. The van der Waals surface area contributed by atoms with E-state index in [-0.39, 0.29) is 5.78 Å². The smallest absolute Gasteiger partial charge is 0.129 e. The lowest BCUT2D eigenvalue weighted by Crippen LogP contribution is -2.39. The minimum absolute atomic E-state index is 0.277. The lowest BCUT2D eigenvalue weighted by atomic mass is 9.94. The maximum atomic E-state index is 11.5. The molecule has 2 aromatic rings. The molecule has 0 fully saturated rings. The molecule has 1 aromatic heterocycles. The number of rotatable bonds is 12. The topological polar surface area (TPSA) is 45.2 Å². The lowest BCUT2D eigenvalue weighted by molar-refractivity contribution is -0.117. The van der Waals surface area contributed by atoms with Crippen LogP contribution in [0.4, 0.5) is 5.69 Å². The van der Waals surface area contributed by atoms with E-state index in [0.29, 0.717) is 29.0 Å². The van der Waals surface area contributed by atoms with Crippen molar-refractivity contribution in [3.8, 4) is 0 Å². The van der Waals surface area contributed by atoms with Gasteiger partial charge >= 0.3 is 0 Å². The number of halogens is 1. The van der Waals surface area contributed by atoms with Gasteiger partial charge in [0.15, 0.2) is 0 Å². The van der Waals surface area contributed by atoms with Gasteiger partial charge in [0.1, 0.15) is 5.78 Å². The summed E-state index contributed by atoms with van der Waals surface area (Å²) in [6.07, 6.45) is 10.5. The first-order chi connectivity index (χ1) is 18.7. The number of benzene rings is 1. The van der Waals surface area contributed by atoms with Crippen molar-refractivity contribution in [3.63, 3.8) is 0 Å². The summed E-state index contributed by atoms with van der Waals surface area (Å²) >= 11 is 6.64. The van der Waals surface area contributed by atoms with E-state index < -0.39 is 0 Å². The van der Waals surface area contributed by atoms with E-state index in [1.165, 1.54) is 16.8 Å². The third-order valence-corrected chi connectivity index (χ3v) is 7.81. The van der Waals surface area contributed by atoms with Crippen LogP contribution in [0.1, 0.15) is 75.8 Å². The fourth-order valence-corrected chi connectivity index (χ4v) is 4.97. The van der Waals surface area contributed by atoms with E-state index in [0.717, 1.165) is 55.7 Å². The first kappa shape index (κ1) is 32.9. The van der Waals surface area contributed by atoms with E-state index in [4.69, 9.17) is 11.6 Å². The van der Waals surface area contributed by atoms with Crippen molar-refractivity contribution >= 4 is 37.9 Å². The van der Waals surface area contributed by atoms with Crippen molar-refractivity contribution in [1.82, 2.24) is 9.88 Å². The number of ketones is 1. The average Bonchev–Trinajstić information content (AvgIpc) is 2.95. The van der Waals surface area contributed by atoms with Crippen LogP contribution in [-0.4, -0.2) is 34.9 Å². The molecule has 39 heavy (non-hydrogen) atoms. The van der Waals surface area contributed by atoms with E-state index in [1.54, 1.807) is 6.92 Å². The van der Waals surface area contributed by atoms with Crippen molar-refractivity contribution < 1.29 is 4.79 Å². The lowest BCUT2D eigenvalue weighted by Gasteiger charge is -2.36. The second kappa shape index (κ2) is 16.8. The van der Waals surface area contributed by atoms with Crippen molar-refractivity contribution in [2.75, 3.05) is 18.5 Å². The number of carbonyl (C=O) groups excluding carboxylic acids is 1. The second-order valence-electron chi connectivity index (χ2n) is 10.2. The van der Waals surface area contributed by atoms with Crippen LogP contribution in [0.25, 0.3) is 5.57 Å². The molecule has 1 N–H and O–H groups in total. The fraction of sp³-hybridized carbons (Fsp3) is 0.455. The molecule has 2 unspecified atom stereocenters. The quantitative estimate of drug-likeness (QED) is 0.206. The Morgan fingerprint density at radius 2 is 1.95 bits per heavy atom. The summed E-state index contributed by atoms with van der Waals surface area (Å²) in [7, 11) is 2.42. The van der Waals surface area contributed by atoms with Crippen molar-refractivity contribution in [3.05, 3.63) is 88.4 Å². The zero-order valence-electron chi connectivity index (χ0n) is 24.7. The van der Waals surface area contributed by atoms with Gasteiger partial charge < -0.3 is 10.1 Å². The molecule has 0 aliphatic carbocycles. The third-order valence-electron chi connectivity index (χ3n) is 7.45. The highest BCUT2D eigenvalue weighted by molar-refractivity contribution is 7.15. The standard InChI is InChI=1S/C32H42ClN3O.CH5P/c1-7-23(4)30(17-15-29(33)25(6)31-16-12-22(3)20-34-31)35-32-11-9-10-26-21-36(19-18-28(26)32)27(8-2)14-13-24(5)37;1-2/h9-12,15-17,20,23,27,35H,6-8,13-14,18-19,21H2,1-5H3;2H2,1H3/b29-15+,30-17+;/t23-,27?;/m1./s1. The van der Waals surface area contributed by atoms with Gasteiger partial charge in [-0.25, -0.2) is 0 Å². The SMILES string of the molecule is C=C(/C(Cl)=C\C=C(\Nc1cccc2c1CCN(C(CC)CCC(C)=O)C2)[C@H](C)CC)c1ccc(C)cn1.CP. The average molecular weight is 568 g/mol. The molecule has 3 rings (SSSR count). The van der Waals surface area contributed by atoms with E-state index >= 15 is 0 Å². The predicted molar refractivity (Wildman–Crippen MR) is 173 cm³/mol. The summed E-state index contributed by atoms with van der Waals surface area (Å²) in [6, 6.07) is 11.0. The van der Waals surface area contributed by atoms with Crippen molar-refractivity contribution in [1.29, 1.82) is 0 Å². The molecule has 1 aliphatic rings. The van der Waals surface area contributed by atoms with Gasteiger partial charge in [0.25, 0.3) is 0 Å². The Hall–Kier alpha value is -2.26. The maximum absolute atomic E-state index is 11.5. The van der Waals surface area contributed by atoms with Gasteiger partial charge in [0.05, 0.1) is 5.69 Å². The van der Waals surface area contributed by atoms with Crippen LogP contribution in [-0.2, 0) is 17.8 Å². The molecule has 0 bridgehead atoms. The zero-order chi connectivity index (χ0) is 28.9. The second-order valence-corrected chi connectivity index (χ2v) is 10.6. The Kier molecular flexibility index (Phi) is 14.2. The molecule has 1 aliphatic heterocycles. The van der Waals surface area contributed by atoms with Crippen molar-refractivity contribution in [2.45, 2.75) is 79.3 Å². The van der Waals surface area contributed by atoms with Crippen LogP contribution in [0.5, 0.6) is 0 Å². The molecular weight excluding hydrogens is 521 g/mol. The van der Waals surface area contributed by atoms with Crippen LogP contribution >= 0.6 is 20.8 Å². The van der Waals surface area contributed by atoms with Crippen LogP contribution in [0.3, 0.4) is 0 Å². The molecule has 0 saturated carbocycles. The Morgan fingerprint density at radius 1 is 1.21 bits per heavy atom. The van der Waals surface area contributed by atoms with Crippen LogP contribution in [0.15, 0.2) is 66.0 Å². The molecular formula is C33H47ClN3OP. The number of pyridine rings is 1. The van der Waals surface area contributed by atoms with Gasteiger partial charge in [-0.1, -0.05) is 63.8 Å². The summed E-state index contributed by atoms with van der Waals surface area (Å²) in [5, 5.41) is 4.33. The number of carbonyl (C=O) groups is 1. The number of nitrogens with one attached hydrogen (secondary N) is 1. The Bertz CT molecular complexity index is 1160. The highest BCUT2D eigenvalue weighted by Gasteiger charge is 2.24. The Morgan fingerprint density at radius 3 is 2.56 bits per heavy atom. The number of hydrogen-bond acceptors (Lipinski definition) is 4. The summed E-state index contributed by atoms with van der Waals surface area (Å²) in [6.45, 7) is 18.4. The zero-order valence-corrected chi connectivity index (χ0v) is 26.6. The number of hydrogen-bond donors (Lipinski definition) is 1. The number of nitrogens with zero attached hydrogens (tertiary/aromatic N) is 2. The molecule has 0 saturated heterocycles. The molecule has 1 aromatic carbocycles. The molecule has 0 radical (unpaired) electrons. The maximum Gasteiger partial charge on any atom is 0.129 e. The number of Topliss-reactive ketones (excluding diaryl/α,β-unsaturated/α-hetero) is 1. The monoisotopic (exact) mass is 567 g/mol. The number of allylic oxidation sites excluding steroid dienone is 5. The Labute approximate surface area is 244 Å². The minimum atomic E-state index is 0.277. The van der Waals surface area contributed by atoms with Crippen LogP contribution < -0.4 is 5.32 Å². The Balaban J connectivity index is 0.00000260. The molecule has 2 heterocycles. The summed E-state index contributed by atoms with van der Waals surface area (Å²) in [4.78, 5) is 18.5. The van der Waals surface area contributed by atoms with Crippen molar-refractivity contribution in [2.24, 2.45) is 5.92 Å². The van der Waals surface area contributed by atoms with E-state index in [2.05, 4.69) is 76.1 Å². The van der Waals surface area contributed by atoms with E-state index in [9.17, 15) is 4.79 Å². The van der Waals surface area contributed by atoms with Gasteiger partial charge in [-0.2, -0.15) is 0 Å². The van der Waals surface area contributed by atoms with E-state index in [1.807, 2.05) is 38.0 Å². The third kappa shape index (κ3) is 9.71. The minimum Gasteiger partial charge on any atom is -0.358 e. The highest BCUT2D eigenvalue weighted by atomic mass is 35.5. The first-order valence-electron chi connectivity index (χ1n) is 14.1. The van der Waals surface area contributed by atoms with Gasteiger partial charge in [0.2, 0.25) is 0 Å². The molecule has 6 heteroatoms. The molecule has 0 spiro atoms. The van der Waals surface area contributed by atoms with Crippen LogP contribution in [0.2, 0.25) is 0 Å². The number of fused-ring (bicyclic) bond motifs is 1. The molecule has 3 atom stereocenters. The highest BCUT2D eigenvalue weighted by Crippen LogP contribution is 2.31. The van der Waals surface area contributed by atoms with Gasteiger partial charge in [-0.05, 0) is 86.4 Å². The number of aromatic nitrogens is 1. The summed E-state index contributed by atoms with van der Waals surface area (Å²) in [5.41, 5.74) is 7.67. The first-order valence-corrected chi connectivity index (χ1v) is 15.6. The molecule has 4 nitrogen and oxygen atoms in total. The summed E-state index contributed by atoms with van der Waals surface area (Å²) < 4.78 is 0. The normalized spacial score (nSPS) is 15.5. The van der Waals surface area contributed by atoms with Gasteiger partial charge in [-0.3, -0.25) is 9.88 Å². The van der Waals surface area contributed by atoms with Gasteiger partial charge in [0, 0.05) is 53.7 Å². The number of aryl methyl sites for hydroxylation is 1. The largest absolute Gasteiger partial charge is 0.358 e. The van der Waals surface area contributed by atoms with Gasteiger partial charge in [-0.15, -0.1) is 9.24 Å². The molecule has 0 amide bonds.